The van der Waals surface area contributed by atoms with E-state index in [0.29, 0.717) is 6.42 Å². The second kappa shape index (κ2) is 7.23. The highest BCUT2D eigenvalue weighted by Crippen LogP contribution is 2.17. The smallest absolute Gasteiger partial charge is 0.239 e. The van der Waals surface area contributed by atoms with Crippen molar-refractivity contribution in [1.82, 2.24) is 0 Å². The van der Waals surface area contributed by atoms with Crippen molar-refractivity contribution in [3.63, 3.8) is 0 Å². The van der Waals surface area contributed by atoms with Gasteiger partial charge in [0.2, 0.25) is 5.91 Å². The lowest BCUT2D eigenvalue weighted by atomic mass is 10.2. The molecule has 1 aromatic rings. The van der Waals surface area contributed by atoms with Gasteiger partial charge in [0.15, 0.2) is 9.84 Å². The summed E-state index contributed by atoms with van der Waals surface area (Å²) < 4.78 is 36.7. The minimum atomic E-state index is -3.46. The first-order valence-electron chi connectivity index (χ1n) is 6.39. The van der Waals surface area contributed by atoms with Gasteiger partial charge in [-0.1, -0.05) is 19.8 Å². The van der Waals surface area contributed by atoms with Gasteiger partial charge < -0.3 is 11.1 Å². The zero-order valence-electron chi connectivity index (χ0n) is 11.4. The van der Waals surface area contributed by atoms with E-state index in [1.165, 1.54) is 12.1 Å². The summed E-state index contributed by atoms with van der Waals surface area (Å²) in [5.74, 6) is -2.10. The maximum atomic E-state index is 13.4. The Morgan fingerprint density at radius 1 is 1.35 bits per heavy atom. The van der Waals surface area contributed by atoms with Crippen molar-refractivity contribution in [1.29, 1.82) is 0 Å². The van der Waals surface area contributed by atoms with Crippen molar-refractivity contribution in [2.45, 2.75) is 26.2 Å². The molecule has 0 aliphatic rings. The third kappa shape index (κ3) is 5.56. The largest absolute Gasteiger partial charge is 0.399 e. The minimum absolute atomic E-state index is 0.0341. The van der Waals surface area contributed by atoms with Crippen LogP contribution in [0, 0.1) is 5.82 Å². The summed E-state index contributed by atoms with van der Waals surface area (Å²) in [6, 6.07) is 3.71. The number of unbranched alkanes of at least 4 members (excludes halogenated alkanes) is 2. The van der Waals surface area contributed by atoms with Gasteiger partial charge in [-0.25, -0.2) is 12.8 Å². The number of rotatable bonds is 7. The molecule has 0 atom stereocenters. The quantitative estimate of drug-likeness (QED) is 0.595. The number of carbonyl (C=O) groups excluding carboxylic acids is 1. The zero-order valence-corrected chi connectivity index (χ0v) is 12.2. The van der Waals surface area contributed by atoms with Gasteiger partial charge >= 0.3 is 0 Å². The summed E-state index contributed by atoms with van der Waals surface area (Å²) in [5, 5.41) is 2.22. The van der Waals surface area contributed by atoms with Gasteiger partial charge in [0.05, 0.1) is 11.4 Å². The van der Waals surface area contributed by atoms with Gasteiger partial charge in [0, 0.05) is 5.69 Å². The molecule has 0 unspecified atom stereocenters. The molecule has 0 bridgehead atoms. The van der Waals surface area contributed by atoms with Crippen LogP contribution in [0.5, 0.6) is 0 Å². The molecule has 0 aromatic heterocycles. The van der Waals surface area contributed by atoms with Crippen LogP contribution in [0.25, 0.3) is 0 Å². The average molecular weight is 302 g/mol. The van der Waals surface area contributed by atoms with E-state index in [4.69, 9.17) is 5.73 Å². The number of anilines is 2. The second-order valence-electron chi connectivity index (χ2n) is 4.59. The molecule has 0 aliphatic carbocycles. The van der Waals surface area contributed by atoms with Gasteiger partial charge in [-0.05, 0) is 24.6 Å². The summed E-state index contributed by atoms with van der Waals surface area (Å²) in [6.45, 7) is 1.96. The number of nitrogens with one attached hydrogen (secondary N) is 1. The summed E-state index contributed by atoms with van der Waals surface area (Å²) in [6.07, 6.45) is 2.22. The van der Waals surface area contributed by atoms with Gasteiger partial charge in [-0.15, -0.1) is 0 Å². The summed E-state index contributed by atoms with van der Waals surface area (Å²) in [4.78, 5) is 11.6. The number of benzene rings is 1. The van der Waals surface area contributed by atoms with E-state index in [1.54, 1.807) is 0 Å². The number of carbonyl (C=O) groups is 1. The van der Waals surface area contributed by atoms with Crippen molar-refractivity contribution in [3.05, 3.63) is 24.0 Å². The summed E-state index contributed by atoms with van der Waals surface area (Å²) in [7, 11) is -3.46. The molecule has 20 heavy (non-hydrogen) atoms. The van der Waals surface area contributed by atoms with E-state index in [2.05, 4.69) is 5.32 Å². The molecule has 0 saturated carbocycles. The minimum Gasteiger partial charge on any atom is -0.399 e. The van der Waals surface area contributed by atoms with Crippen LogP contribution in [0.1, 0.15) is 26.2 Å². The van der Waals surface area contributed by atoms with Gasteiger partial charge in [-0.3, -0.25) is 4.79 Å². The fraction of sp³-hybridized carbons (Fsp3) is 0.462. The Morgan fingerprint density at radius 2 is 2.05 bits per heavy atom. The molecule has 0 radical (unpaired) electrons. The third-order valence-corrected chi connectivity index (χ3v) is 4.29. The molecule has 0 aliphatic heterocycles. The highest BCUT2D eigenvalue weighted by molar-refractivity contribution is 7.92. The predicted molar refractivity (Wildman–Crippen MR) is 77.6 cm³/mol. The van der Waals surface area contributed by atoms with E-state index in [0.717, 1.165) is 18.9 Å². The normalized spacial score (nSPS) is 11.3. The van der Waals surface area contributed by atoms with Crippen LogP contribution in [0.4, 0.5) is 15.8 Å². The van der Waals surface area contributed by atoms with Crippen LogP contribution < -0.4 is 11.1 Å². The Balaban J connectivity index is 2.61. The number of hydrogen-bond donors (Lipinski definition) is 2. The van der Waals surface area contributed by atoms with Crippen LogP contribution in [0.3, 0.4) is 0 Å². The van der Waals surface area contributed by atoms with Crippen LogP contribution >= 0.6 is 0 Å². The maximum Gasteiger partial charge on any atom is 0.239 e. The van der Waals surface area contributed by atoms with Crippen molar-refractivity contribution >= 4 is 27.1 Å². The number of amides is 1. The highest BCUT2D eigenvalue weighted by Gasteiger charge is 2.17. The van der Waals surface area contributed by atoms with Crippen molar-refractivity contribution in [2.24, 2.45) is 0 Å². The number of sulfone groups is 1. The first-order valence-corrected chi connectivity index (χ1v) is 8.21. The second-order valence-corrected chi connectivity index (χ2v) is 6.77. The van der Waals surface area contributed by atoms with Crippen molar-refractivity contribution in [3.8, 4) is 0 Å². The predicted octanol–water partition coefficient (Wildman–Crippen LogP) is 1.95. The van der Waals surface area contributed by atoms with Crippen LogP contribution in [-0.4, -0.2) is 25.8 Å². The zero-order chi connectivity index (χ0) is 15.2. The SMILES string of the molecule is CCCCCS(=O)(=O)CC(=O)Nc1cc(N)ccc1F. The Labute approximate surface area is 118 Å². The lowest BCUT2D eigenvalue weighted by Crippen LogP contribution is -2.25. The first kappa shape index (κ1) is 16.4. The monoisotopic (exact) mass is 302 g/mol. The maximum absolute atomic E-state index is 13.4. The van der Waals surface area contributed by atoms with Crippen LogP contribution in [0.15, 0.2) is 18.2 Å². The molecule has 3 N–H and O–H groups in total. The topological polar surface area (TPSA) is 89.3 Å². The van der Waals surface area contributed by atoms with E-state index in [-0.39, 0.29) is 17.1 Å². The number of nitrogens with two attached hydrogens (primary N) is 1. The molecule has 5 nitrogen and oxygen atoms in total. The standard InChI is InChI=1S/C13H19FN2O3S/c1-2-3-4-7-20(18,19)9-13(17)16-12-8-10(15)5-6-11(12)14/h5-6,8H,2-4,7,9,15H2,1H3,(H,16,17). The number of hydrogen-bond acceptors (Lipinski definition) is 4. The molecule has 0 spiro atoms. The number of halogens is 1. The molecule has 0 saturated heterocycles. The lowest BCUT2D eigenvalue weighted by Gasteiger charge is -2.08. The van der Waals surface area contributed by atoms with Gasteiger partial charge in [0.25, 0.3) is 0 Å². The molecule has 112 valence electrons. The highest BCUT2D eigenvalue weighted by atomic mass is 32.2. The van der Waals surface area contributed by atoms with Gasteiger partial charge in [0.1, 0.15) is 11.6 Å². The number of nitrogen functional groups attached to an aromatic ring is 1. The lowest BCUT2D eigenvalue weighted by molar-refractivity contribution is -0.113. The van der Waals surface area contributed by atoms with Crippen molar-refractivity contribution < 1.29 is 17.6 Å². The average Bonchev–Trinajstić information content (AvgIpc) is 2.33. The van der Waals surface area contributed by atoms with E-state index < -0.39 is 27.3 Å². The van der Waals surface area contributed by atoms with Crippen LogP contribution in [-0.2, 0) is 14.6 Å². The van der Waals surface area contributed by atoms with Crippen LogP contribution in [0.2, 0.25) is 0 Å². The van der Waals surface area contributed by atoms with E-state index in [9.17, 15) is 17.6 Å². The van der Waals surface area contributed by atoms with E-state index >= 15 is 0 Å². The van der Waals surface area contributed by atoms with Gasteiger partial charge in [-0.2, -0.15) is 0 Å². The molecule has 1 aromatic carbocycles. The Hall–Kier alpha value is -1.63. The molecule has 1 rings (SSSR count). The fourth-order valence-corrected chi connectivity index (χ4v) is 2.93. The first-order chi connectivity index (χ1) is 9.34. The molecular weight excluding hydrogens is 283 g/mol. The Kier molecular flexibility index (Phi) is 5.94. The third-order valence-electron chi connectivity index (χ3n) is 2.67. The van der Waals surface area contributed by atoms with Crippen molar-refractivity contribution in [2.75, 3.05) is 22.6 Å². The molecule has 1 amide bonds. The molecular formula is C13H19FN2O3S. The van der Waals surface area contributed by atoms with E-state index in [1.807, 2.05) is 6.92 Å². The molecule has 7 heteroatoms. The summed E-state index contributed by atoms with van der Waals surface area (Å²) >= 11 is 0. The summed E-state index contributed by atoms with van der Waals surface area (Å²) in [5.41, 5.74) is 5.65. The molecule has 0 fully saturated rings. The molecule has 0 heterocycles. The fourth-order valence-electron chi connectivity index (χ4n) is 1.67. The Morgan fingerprint density at radius 3 is 2.70 bits per heavy atom. The Bertz CT molecular complexity index is 573.